The molecule has 21 heavy (non-hydrogen) atoms. The van der Waals surface area contributed by atoms with Crippen LogP contribution in [0.25, 0.3) is 0 Å². The molecule has 0 spiro atoms. The number of hydrogen-bond donors (Lipinski definition) is 0. The first-order valence-corrected chi connectivity index (χ1v) is 6.62. The van der Waals surface area contributed by atoms with Gasteiger partial charge in [-0.25, -0.2) is 4.39 Å². The van der Waals surface area contributed by atoms with Crippen molar-refractivity contribution >= 4 is 23.0 Å². The van der Waals surface area contributed by atoms with Crippen LogP contribution in [-0.4, -0.2) is 7.05 Å². The molecule has 0 aliphatic heterocycles. The van der Waals surface area contributed by atoms with Crippen LogP contribution >= 0.6 is 11.6 Å². The molecule has 112 valence electrons. The maximum Gasteiger partial charge on any atom is 0.416 e. The van der Waals surface area contributed by atoms with Gasteiger partial charge in [-0.15, -0.1) is 11.6 Å². The summed E-state index contributed by atoms with van der Waals surface area (Å²) < 4.78 is 51.9. The van der Waals surface area contributed by atoms with Gasteiger partial charge in [-0.3, -0.25) is 0 Å². The van der Waals surface area contributed by atoms with E-state index in [1.54, 1.807) is 18.0 Å². The number of anilines is 2. The number of halogens is 5. The van der Waals surface area contributed by atoms with E-state index in [9.17, 15) is 17.6 Å². The van der Waals surface area contributed by atoms with Gasteiger partial charge in [0.2, 0.25) is 0 Å². The number of benzene rings is 2. The summed E-state index contributed by atoms with van der Waals surface area (Å²) in [5.74, 6) is -0.615. The number of hydrogen-bond acceptors (Lipinski definition) is 1. The lowest BCUT2D eigenvalue weighted by molar-refractivity contribution is -0.138. The van der Waals surface area contributed by atoms with Gasteiger partial charge in [0.25, 0.3) is 0 Å². The molecule has 0 heterocycles. The largest absolute Gasteiger partial charge is 0.416 e. The molecule has 0 aromatic heterocycles. The Labute approximate surface area is 124 Å². The van der Waals surface area contributed by atoms with E-state index in [1.807, 2.05) is 0 Å². The first-order chi connectivity index (χ1) is 9.82. The first kappa shape index (κ1) is 15.6. The molecular formula is C15H12ClF4N. The Morgan fingerprint density at radius 1 is 1.00 bits per heavy atom. The monoisotopic (exact) mass is 317 g/mol. The third kappa shape index (κ3) is 3.47. The van der Waals surface area contributed by atoms with E-state index in [0.29, 0.717) is 11.4 Å². The molecule has 0 unspecified atom stereocenters. The average Bonchev–Trinajstić information content (AvgIpc) is 2.45. The van der Waals surface area contributed by atoms with Gasteiger partial charge in [-0.05, 0) is 42.0 Å². The zero-order chi connectivity index (χ0) is 15.6. The van der Waals surface area contributed by atoms with Crippen molar-refractivity contribution in [3.05, 3.63) is 59.4 Å². The van der Waals surface area contributed by atoms with Crippen molar-refractivity contribution in [2.45, 2.75) is 12.1 Å². The summed E-state index contributed by atoms with van der Waals surface area (Å²) in [5, 5.41) is 0. The molecule has 2 aromatic carbocycles. The van der Waals surface area contributed by atoms with Crippen molar-refractivity contribution in [3.8, 4) is 0 Å². The van der Waals surface area contributed by atoms with E-state index in [4.69, 9.17) is 11.6 Å². The van der Waals surface area contributed by atoms with Crippen LogP contribution in [0, 0.1) is 5.82 Å². The van der Waals surface area contributed by atoms with Gasteiger partial charge >= 0.3 is 6.18 Å². The van der Waals surface area contributed by atoms with Crippen LogP contribution < -0.4 is 4.90 Å². The van der Waals surface area contributed by atoms with Gasteiger partial charge in [-0.2, -0.15) is 13.2 Å². The van der Waals surface area contributed by atoms with Crippen molar-refractivity contribution in [1.82, 2.24) is 0 Å². The SMILES string of the molecule is CN(c1ccc(F)cc1)c1ccc(CCl)c(C(F)(F)F)c1. The highest BCUT2D eigenvalue weighted by molar-refractivity contribution is 6.17. The Morgan fingerprint density at radius 2 is 1.57 bits per heavy atom. The normalized spacial score (nSPS) is 11.5. The zero-order valence-corrected chi connectivity index (χ0v) is 11.8. The Bertz CT molecular complexity index is 623. The lowest BCUT2D eigenvalue weighted by atomic mass is 10.1. The first-order valence-electron chi connectivity index (χ1n) is 6.08. The van der Waals surface area contributed by atoms with Crippen LogP contribution in [0.3, 0.4) is 0 Å². The summed E-state index contributed by atoms with van der Waals surface area (Å²) in [5.41, 5.74) is 0.204. The fourth-order valence-corrected chi connectivity index (χ4v) is 2.20. The standard InChI is InChI=1S/C15H12ClF4N/c1-21(12-6-3-11(17)4-7-12)13-5-2-10(9-16)14(8-13)15(18,19)20/h2-8H,9H2,1H3. The van der Waals surface area contributed by atoms with E-state index in [2.05, 4.69) is 0 Å². The molecule has 2 aromatic rings. The Hall–Kier alpha value is -1.75. The summed E-state index contributed by atoms with van der Waals surface area (Å²) >= 11 is 5.55. The van der Waals surface area contributed by atoms with Crippen LogP contribution in [0.15, 0.2) is 42.5 Å². The van der Waals surface area contributed by atoms with E-state index in [0.717, 1.165) is 6.07 Å². The maximum atomic E-state index is 13.0. The molecule has 2 rings (SSSR count). The lowest BCUT2D eigenvalue weighted by Crippen LogP contribution is -2.13. The topological polar surface area (TPSA) is 3.24 Å². The fourth-order valence-electron chi connectivity index (χ4n) is 1.97. The second kappa shape index (κ2) is 5.93. The van der Waals surface area contributed by atoms with Gasteiger partial charge in [0.05, 0.1) is 5.56 Å². The van der Waals surface area contributed by atoms with Gasteiger partial charge in [0, 0.05) is 24.3 Å². The molecule has 0 aliphatic carbocycles. The number of rotatable bonds is 3. The summed E-state index contributed by atoms with van der Waals surface area (Å²) in [6, 6.07) is 9.45. The lowest BCUT2D eigenvalue weighted by Gasteiger charge is -2.22. The molecule has 0 fully saturated rings. The predicted molar refractivity (Wildman–Crippen MR) is 75.5 cm³/mol. The minimum absolute atomic E-state index is 0.0282. The fraction of sp³-hybridized carbons (Fsp3) is 0.200. The molecule has 0 saturated carbocycles. The smallest absolute Gasteiger partial charge is 0.345 e. The second-order valence-electron chi connectivity index (χ2n) is 4.51. The zero-order valence-electron chi connectivity index (χ0n) is 11.1. The van der Waals surface area contributed by atoms with Crippen LogP contribution in [-0.2, 0) is 12.1 Å². The molecule has 0 atom stereocenters. The summed E-state index contributed by atoms with van der Waals surface area (Å²) in [6.45, 7) is 0. The average molecular weight is 318 g/mol. The summed E-state index contributed by atoms with van der Waals surface area (Å²) in [7, 11) is 1.61. The van der Waals surface area contributed by atoms with Gasteiger partial charge in [-0.1, -0.05) is 6.07 Å². The second-order valence-corrected chi connectivity index (χ2v) is 4.78. The van der Waals surface area contributed by atoms with Crippen molar-refractivity contribution in [3.63, 3.8) is 0 Å². The van der Waals surface area contributed by atoms with E-state index in [1.165, 1.54) is 30.3 Å². The molecule has 6 heteroatoms. The van der Waals surface area contributed by atoms with E-state index < -0.39 is 17.6 Å². The third-order valence-corrected chi connectivity index (χ3v) is 3.43. The molecule has 0 amide bonds. The van der Waals surface area contributed by atoms with Crippen LogP contribution in [0.5, 0.6) is 0 Å². The van der Waals surface area contributed by atoms with E-state index >= 15 is 0 Å². The molecule has 0 aliphatic rings. The summed E-state index contributed by atoms with van der Waals surface area (Å²) in [4.78, 5) is 1.55. The highest BCUT2D eigenvalue weighted by Gasteiger charge is 2.33. The van der Waals surface area contributed by atoms with Gasteiger partial charge < -0.3 is 4.90 Å². The van der Waals surface area contributed by atoms with Crippen molar-refractivity contribution in [1.29, 1.82) is 0 Å². The molecule has 0 bridgehead atoms. The highest BCUT2D eigenvalue weighted by Crippen LogP contribution is 2.36. The summed E-state index contributed by atoms with van der Waals surface area (Å²) in [6.07, 6.45) is -4.47. The minimum atomic E-state index is -4.47. The quantitative estimate of drug-likeness (QED) is 0.545. The van der Waals surface area contributed by atoms with Gasteiger partial charge in [0.1, 0.15) is 5.82 Å². The van der Waals surface area contributed by atoms with Crippen molar-refractivity contribution < 1.29 is 17.6 Å². The van der Waals surface area contributed by atoms with Crippen LogP contribution in [0.2, 0.25) is 0 Å². The van der Waals surface area contributed by atoms with Gasteiger partial charge in [0.15, 0.2) is 0 Å². The molecule has 0 radical (unpaired) electrons. The molecule has 1 nitrogen and oxygen atoms in total. The Kier molecular flexibility index (Phi) is 4.42. The minimum Gasteiger partial charge on any atom is -0.345 e. The number of alkyl halides is 4. The Balaban J connectivity index is 2.42. The van der Waals surface area contributed by atoms with Crippen molar-refractivity contribution in [2.75, 3.05) is 11.9 Å². The highest BCUT2D eigenvalue weighted by atomic mass is 35.5. The van der Waals surface area contributed by atoms with Crippen molar-refractivity contribution in [2.24, 2.45) is 0 Å². The van der Waals surface area contributed by atoms with E-state index in [-0.39, 0.29) is 11.4 Å². The molecule has 0 N–H and O–H groups in total. The van der Waals surface area contributed by atoms with Crippen LogP contribution in [0.4, 0.5) is 28.9 Å². The predicted octanol–water partition coefficient (Wildman–Crippen LogP) is 5.35. The number of nitrogens with zero attached hydrogens (tertiary/aromatic N) is 1. The molecule has 0 saturated heterocycles. The van der Waals surface area contributed by atoms with Crippen LogP contribution in [0.1, 0.15) is 11.1 Å². The molecular weight excluding hydrogens is 306 g/mol. The Morgan fingerprint density at radius 3 is 2.10 bits per heavy atom. The maximum absolute atomic E-state index is 13.0. The third-order valence-electron chi connectivity index (χ3n) is 3.14.